The molecule has 1 aliphatic carbocycles. The second kappa shape index (κ2) is 9.59. The summed E-state index contributed by atoms with van der Waals surface area (Å²) in [4.78, 5) is 28.2. The highest BCUT2D eigenvalue weighted by Crippen LogP contribution is 2.72. The lowest BCUT2D eigenvalue weighted by Gasteiger charge is -2.41. The molecular formula is C31H31NO9. The van der Waals surface area contributed by atoms with Crippen LogP contribution in [0.3, 0.4) is 0 Å². The fraction of sp³-hybridized carbons (Fsp3) is 0.355. The zero-order valence-electron chi connectivity index (χ0n) is 23.4. The maximum Gasteiger partial charge on any atom is 0.303 e. The lowest BCUT2D eigenvalue weighted by atomic mass is 9.70. The quantitative estimate of drug-likeness (QED) is 0.453. The topological polar surface area (TPSA) is 113 Å². The van der Waals surface area contributed by atoms with Gasteiger partial charge in [0.1, 0.15) is 11.5 Å². The van der Waals surface area contributed by atoms with Crippen LogP contribution in [0.1, 0.15) is 29.5 Å². The molecule has 0 bridgehead atoms. The fourth-order valence-electron chi connectivity index (χ4n) is 6.71. The Labute approximate surface area is 237 Å². The molecule has 3 aromatic carbocycles. The maximum absolute atomic E-state index is 14.1. The van der Waals surface area contributed by atoms with Gasteiger partial charge in [0.05, 0.1) is 25.7 Å². The van der Waals surface area contributed by atoms with Crippen LogP contribution in [0.2, 0.25) is 0 Å². The highest BCUT2D eigenvalue weighted by Gasteiger charge is 2.80. The summed E-state index contributed by atoms with van der Waals surface area (Å²) in [5.74, 6) is -1.18. The van der Waals surface area contributed by atoms with E-state index in [1.807, 2.05) is 30.3 Å². The third-order valence-corrected chi connectivity index (χ3v) is 8.24. The first-order valence-corrected chi connectivity index (χ1v) is 13.2. The van der Waals surface area contributed by atoms with Gasteiger partial charge in [0.15, 0.2) is 28.8 Å². The number of methoxy groups -OCH3 is 2. The fourth-order valence-corrected chi connectivity index (χ4v) is 6.71. The summed E-state index contributed by atoms with van der Waals surface area (Å²) in [5, 5.41) is 13.3. The minimum absolute atomic E-state index is 0.0433. The van der Waals surface area contributed by atoms with Gasteiger partial charge in [0.25, 0.3) is 0 Å². The molecule has 6 rings (SSSR count). The first-order chi connectivity index (χ1) is 19.7. The lowest BCUT2D eigenvalue weighted by Crippen LogP contribution is -2.53. The summed E-state index contributed by atoms with van der Waals surface area (Å²) in [6.07, 6.45) is -1.38. The summed E-state index contributed by atoms with van der Waals surface area (Å²) in [7, 11) is 6.26. The van der Waals surface area contributed by atoms with Crippen LogP contribution in [0, 0.1) is 5.92 Å². The predicted octanol–water partition coefficient (Wildman–Crippen LogP) is 3.34. The van der Waals surface area contributed by atoms with Crippen molar-refractivity contribution >= 4 is 11.9 Å². The van der Waals surface area contributed by atoms with Crippen LogP contribution >= 0.6 is 0 Å². The average molecular weight is 562 g/mol. The number of carbonyl (C=O) groups is 2. The molecule has 0 spiro atoms. The van der Waals surface area contributed by atoms with Crippen molar-refractivity contribution in [1.29, 1.82) is 0 Å². The summed E-state index contributed by atoms with van der Waals surface area (Å²) >= 11 is 0. The first kappa shape index (κ1) is 26.8. The van der Waals surface area contributed by atoms with E-state index < -0.39 is 35.1 Å². The highest BCUT2D eigenvalue weighted by atomic mass is 16.7. The van der Waals surface area contributed by atoms with Gasteiger partial charge in [-0.25, -0.2) is 0 Å². The van der Waals surface area contributed by atoms with Crippen molar-refractivity contribution in [3.8, 4) is 28.7 Å². The number of amides is 1. The van der Waals surface area contributed by atoms with E-state index in [9.17, 15) is 14.7 Å². The van der Waals surface area contributed by atoms with Gasteiger partial charge in [-0.05, 0) is 23.3 Å². The Hall–Kier alpha value is -4.44. The van der Waals surface area contributed by atoms with E-state index >= 15 is 0 Å². The predicted molar refractivity (Wildman–Crippen MR) is 145 cm³/mol. The van der Waals surface area contributed by atoms with Crippen LogP contribution in [-0.4, -0.2) is 63.1 Å². The summed E-state index contributed by atoms with van der Waals surface area (Å²) in [6.45, 7) is 1.21. The van der Waals surface area contributed by atoms with Crippen LogP contribution in [0.15, 0.2) is 60.7 Å². The third-order valence-electron chi connectivity index (χ3n) is 8.24. The molecule has 1 saturated carbocycles. The van der Waals surface area contributed by atoms with Gasteiger partial charge in [0.2, 0.25) is 18.4 Å². The van der Waals surface area contributed by atoms with Crippen molar-refractivity contribution in [2.45, 2.75) is 30.1 Å². The van der Waals surface area contributed by atoms with Gasteiger partial charge in [-0.2, -0.15) is 0 Å². The van der Waals surface area contributed by atoms with Gasteiger partial charge >= 0.3 is 5.97 Å². The average Bonchev–Trinajstić information content (AvgIpc) is 3.60. The third kappa shape index (κ3) is 3.59. The maximum atomic E-state index is 14.1. The largest absolute Gasteiger partial charge is 0.497 e. The van der Waals surface area contributed by atoms with Crippen LogP contribution in [-0.2, 0) is 25.5 Å². The van der Waals surface area contributed by atoms with E-state index in [1.165, 1.54) is 18.9 Å². The molecule has 2 heterocycles. The van der Waals surface area contributed by atoms with E-state index in [4.69, 9.17) is 28.4 Å². The van der Waals surface area contributed by atoms with E-state index in [2.05, 4.69) is 0 Å². The molecule has 214 valence electrons. The normalized spacial score (nSPS) is 26.9. The van der Waals surface area contributed by atoms with Crippen molar-refractivity contribution in [1.82, 2.24) is 4.90 Å². The molecule has 1 amide bonds. The number of rotatable bonds is 6. The number of carbonyl (C=O) groups excluding carboxylic acids is 2. The number of benzene rings is 3. The number of nitrogens with zero attached hydrogens (tertiary/aromatic N) is 1. The zero-order valence-corrected chi connectivity index (χ0v) is 23.4. The summed E-state index contributed by atoms with van der Waals surface area (Å²) < 4.78 is 35.5. The van der Waals surface area contributed by atoms with Crippen LogP contribution in [0.25, 0.3) is 0 Å². The van der Waals surface area contributed by atoms with E-state index in [0.717, 1.165) is 0 Å². The Morgan fingerprint density at radius 1 is 0.976 bits per heavy atom. The smallest absolute Gasteiger partial charge is 0.303 e. The molecule has 0 aromatic heterocycles. The number of ether oxygens (including phenoxy) is 6. The minimum Gasteiger partial charge on any atom is -0.497 e. The molecule has 1 fully saturated rings. The number of aliphatic hydroxyl groups is 1. The molecule has 10 nitrogen and oxygen atoms in total. The van der Waals surface area contributed by atoms with Crippen LogP contribution in [0.4, 0.5) is 0 Å². The van der Waals surface area contributed by atoms with Crippen molar-refractivity contribution in [2.24, 2.45) is 5.92 Å². The molecule has 10 heteroatoms. The monoisotopic (exact) mass is 561 g/mol. The second-order valence-corrected chi connectivity index (χ2v) is 10.5. The highest BCUT2D eigenvalue weighted by molar-refractivity contribution is 5.84. The van der Waals surface area contributed by atoms with Gasteiger partial charge < -0.3 is 38.4 Å². The van der Waals surface area contributed by atoms with Crippen LogP contribution in [0.5, 0.6) is 28.7 Å². The number of hydrogen-bond acceptors (Lipinski definition) is 9. The molecule has 5 atom stereocenters. The van der Waals surface area contributed by atoms with Crippen molar-refractivity contribution < 1.29 is 43.1 Å². The molecule has 0 radical (unpaired) electrons. The van der Waals surface area contributed by atoms with Crippen molar-refractivity contribution in [3.05, 3.63) is 77.4 Å². The van der Waals surface area contributed by atoms with Gasteiger partial charge in [0, 0.05) is 33.0 Å². The minimum atomic E-state index is -2.12. The van der Waals surface area contributed by atoms with E-state index in [1.54, 1.807) is 51.5 Å². The van der Waals surface area contributed by atoms with Gasteiger partial charge in [-0.15, -0.1) is 0 Å². The van der Waals surface area contributed by atoms with Crippen molar-refractivity contribution in [3.63, 3.8) is 0 Å². The molecule has 3 aliphatic rings. The molecule has 2 aliphatic heterocycles. The Bertz CT molecular complexity index is 1510. The Morgan fingerprint density at radius 3 is 2.29 bits per heavy atom. The molecule has 41 heavy (non-hydrogen) atoms. The summed E-state index contributed by atoms with van der Waals surface area (Å²) in [5.41, 5.74) is -2.32. The van der Waals surface area contributed by atoms with E-state index in [-0.39, 0.29) is 35.5 Å². The number of hydrogen-bond donors (Lipinski definition) is 1. The summed E-state index contributed by atoms with van der Waals surface area (Å²) in [6, 6.07) is 18.0. The van der Waals surface area contributed by atoms with Crippen LogP contribution < -0.4 is 23.7 Å². The van der Waals surface area contributed by atoms with Gasteiger partial charge in [-0.1, -0.05) is 42.5 Å². The number of fused-ring (bicyclic) bond motifs is 4. The van der Waals surface area contributed by atoms with Gasteiger partial charge in [-0.3, -0.25) is 9.59 Å². The Balaban J connectivity index is 1.75. The Kier molecular flexibility index (Phi) is 6.26. The number of esters is 1. The standard InChI is InChI=1S/C31H31NO9/c1-17(33)40-28-23(29(34)32(2)3)24(18-9-7-6-8-10-18)31(19-11-13-20(36-4)14-12-19)30(28,35)25-21(41-31)15-22-26(27(25)37-5)39-16-38-22/h6-15,23-24,28,35H,16H2,1-5H3/t23-,24-,28-,30+,31+/m1/s1. The lowest BCUT2D eigenvalue weighted by molar-refractivity contribution is -0.184. The molecule has 3 aromatic rings. The van der Waals surface area contributed by atoms with Crippen molar-refractivity contribution in [2.75, 3.05) is 35.1 Å². The zero-order chi connectivity index (χ0) is 29.1. The molecule has 1 N–H and O–H groups in total. The molecule has 0 unspecified atom stereocenters. The first-order valence-electron chi connectivity index (χ1n) is 13.2. The Morgan fingerprint density at radius 2 is 1.68 bits per heavy atom. The molecular weight excluding hydrogens is 530 g/mol. The van der Waals surface area contributed by atoms with E-state index in [0.29, 0.717) is 22.6 Å². The second-order valence-electron chi connectivity index (χ2n) is 10.5. The SMILES string of the molecule is COc1ccc([C@@]23Oc4cc5c(c(OC)c4[C@]2(O)[C@H](OC(C)=O)[C@H](C(=O)N(C)C)[C@H]3c2ccccc2)OCO5)cc1. The molecule has 0 saturated heterocycles.